The van der Waals surface area contributed by atoms with Crippen LogP contribution < -0.4 is 9.75 Å². The van der Waals surface area contributed by atoms with Crippen molar-refractivity contribution < 1.29 is 25.8 Å². The van der Waals surface area contributed by atoms with E-state index in [4.69, 9.17) is 9.18 Å². The summed E-state index contributed by atoms with van der Waals surface area (Å²) in [5, 5.41) is 1.23. The molecule has 4 aromatic rings. The van der Waals surface area contributed by atoms with Gasteiger partial charge in [0.05, 0.1) is 15.5 Å². The molecule has 0 saturated heterocycles. The summed E-state index contributed by atoms with van der Waals surface area (Å²) in [6.45, 7) is 0. The summed E-state index contributed by atoms with van der Waals surface area (Å²) in [6, 6.07) is 26.1. The standard InChI is InChI=1S/C28H16F3NO3S4/c29-28(30,31)39(33,34)35-27-19(15-21(38-27)16-9-3-1-4-10-16)22-18-13-7-8-14-20(18)36-24(22)23-25(27)37-26(32-23)17-11-5-2-6-12-17/h1-15,25H. The zero-order valence-electron chi connectivity index (χ0n) is 19.7. The summed E-state index contributed by atoms with van der Waals surface area (Å²) < 4.78 is 74.1. The van der Waals surface area contributed by atoms with E-state index in [1.54, 1.807) is 6.08 Å². The van der Waals surface area contributed by atoms with E-state index in [2.05, 4.69) is 0 Å². The van der Waals surface area contributed by atoms with Crippen LogP contribution in [0.1, 0.15) is 11.1 Å². The molecule has 196 valence electrons. The monoisotopic (exact) mass is 599 g/mol. The molecule has 0 fully saturated rings. The Morgan fingerprint density at radius 2 is 1.51 bits per heavy atom. The van der Waals surface area contributed by atoms with Crippen LogP contribution >= 0.6 is 34.9 Å². The Balaban J connectivity index is 1.58. The maximum atomic E-state index is 13.8. The summed E-state index contributed by atoms with van der Waals surface area (Å²) in [4.78, 5) is 3.62. The first-order chi connectivity index (χ1) is 18.7. The van der Waals surface area contributed by atoms with E-state index in [0.29, 0.717) is 26.4 Å². The Morgan fingerprint density at radius 1 is 0.872 bits per heavy atom. The molecule has 3 aromatic carbocycles. The van der Waals surface area contributed by atoms with Crippen LogP contribution in [0.15, 0.2) is 96.0 Å². The third-order valence-electron chi connectivity index (χ3n) is 6.65. The van der Waals surface area contributed by atoms with E-state index in [9.17, 15) is 21.6 Å². The maximum Gasteiger partial charge on any atom is 0.523 e. The molecule has 0 spiro atoms. The van der Waals surface area contributed by atoms with Gasteiger partial charge < -0.3 is 0 Å². The van der Waals surface area contributed by atoms with Gasteiger partial charge in [-0.05, 0) is 17.7 Å². The minimum atomic E-state index is -5.98. The lowest BCUT2D eigenvalue weighted by molar-refractivity contribution is -0.0565. The van der Waals surface area contributed by atoms with Crippen LogP contribution in [0.5, 0.6) is 0 Å². The second-order valence-corrected chi connectivity index (χ2v) is 13.9. The van der Waals surface area contributed by atoms with Crippen LogP contribution in [0.3, 0.4) is 0 Å². The molecule has 2 aliphatic heterocycles. The Kier molecular flexibility index (Phi) is 5.70. The highest BCUT2D eigenvalue weighted by atomic mass is 32.2. The van der Waals surface area contributed by atoms with Crippen molar-refractivity contribution in [3.05, 3.63) is 112 Å². The van der Waals surface area contributed by atoms with Gasteiger partial charge in [0.2, 0.25) is 0 Å². The Bertz CT molecular complexity index is 1950. The average molecular weight is 600 g/mol. The molecule has 3 aliphatic rings. The van der Waals surface area contributed by atoms with Gasteiger partial charge in [-0.3, -0.25) is 0 Å². The zero-order chi connectivity index (χ0) is 27.0. The summed E-state index contributed by atoms with van der Waals surface area (Å²) in [7, 11) is -5.98. The average Bonchev–Trinajstić information content (AvgIpc) is 3.63. The number of hydrogen-bond acceptors (Lipinski definition) is 7. The quantitative estimate of drug-likeness (QED) is 0.210. The first-order valence-electron chi connectivity index (χ1n) is 11.7. The number of halogens is 3. The minimum absolute atomic E-state index is 0.400. The first-order valence-corrected chi connectivity index (χ1v) is 15.7. The molecule has 0 saturated carbocycles. The van der Waals surface area contributed by atoms with Crippen molar-refractivity contribution in [2.24, 2.45) is 4.99 Å². The number of fused-ring (bicyclic) bond motifs is 6. The fraction of sp³-hybridized carbons (Fsp3) is 0.107. The molecule has 0 amide bonds. The molecule has 11 heteroatoms. The van der Waals surface area contributed by atoms with Gasteiger partial charge in [-0.1, -0.05) is 102 Å². The lowest BCUT2D eigenvalue weighted by Crippen LogP contribution is -2.51. The number of alkyl halides is 3. The highest BCUT2D eigenvalue weighted by molar-refractivity contribution is 8.17. The normalized spacial score (nSPS) is 22.4. The molecule has 3 heterocycles. The summed E-state index contributed by atoms with van der Waals surface area (Å²) in [5.74, 6) is 0. The second-order valence-electron chi connectivity index (χ2n) is 9.01. The molecule has 39 heavy (non-hydrogen) atoms. The van der Waals surface area contributed by atoms with Gasteiger partial charge in [-0.25, -0.2) is 9.18 Å². The topological polar surface area (TPSA) is 55.7 Å². The van der Waals surface area contributed by atoms with Crippen molar-refractivity contribution in [1.82, 2.24) is 0 Å². The molecule has 0 bridgehead atoms. The minimum Gasteiger partial charge on any atom is -0.243 e. The number of aliphatic imine (C=N–C) groups is 1. The van der Waals surface area contributed by atoms with E-state index < -0.39 is 25.8 Å². The first kappa shape index (κ1) is 25.2. The molecule has 4 nitrogen and oxygen atoms in total. The molecule has 7 rings (SSSR count). The third-order valence-corrected chi connectivity index (χ3v) is 11.9. The lowest BCUT2D eigenvalue weighted by atomic mass is 9.95. The second kappa shape index (κ2) is 8.84. The lowest BCUT2D eigenvalue weighted by Gasteiger charge is -2.36. The largest absolute Gasteiger partial charge is 0.523 e. The highest BCUT2D eigenvalue weighted by Crippen LogP contribution is 2.61. The number of benzene rings is 3. The van der Waals surface area contributed by atoms with Crippen LogP contribution in [0, 0.1) is 0 Å². The van der Waals surface area contributed by atoms with E-state index >= 15 is 0 Å². The van der Waals surface area contributed by atoms with Crippen LogP contribution in [-0.4, -0.2) is 29.2 Å². The van der Waals surface area contributed by atoms with Crippen molar-refractivity contribution in [1.29, 1.82) is 0 Å². The molecule has 0 N–H and O–H groups in total. The van der Waals surface area contributed by atoms with Crippen LogP contribution in [0.2, 0.25) is 0 Å². The van der Waals surface area contributed by atoms with Gasteiger partial charge in [0.25, 0.3) is 0 Å². The number of rotatable bonds is 4. The number of hydrogen-bond donors (Lipinski definition) is 0. The van der Waals surface area contributed by atoms with Crippen molar-refractivity contribution in [3.63, 3.8) is 0 Å². The van der Waals surface area contributed by atoms with E-state index in [-0.39, 0.29) is 0 Å². The van der Waals surface area contributed by atoms with Gasteiger partial charge in [0.15, 0.2) is 4.93 Å². The molecule has 2 unspecified atom stereocenters. The third kappa shape index (κ3) is 3.86. The summed E-state index contributed by atoms with van der Waals surface area (Å²) in [5.41, 5.74) is -3.12. The van der Waals surface area contributed by atoms with Gasteiger partial charge in [0, 0.05) is 31.3 Å². The molecule has 1 aliphatic carbocycles. The molecular weight excluding hydrogens is 584 g/mol. The van der Waals surface area contributed by atoms with Gasteiger partial charge in [0.1, 0.15) is 5.04 Å². The molecule has 0 radical (unpaired) electrons. The number of nitrogens with zero attached hydrogens (tertiary/aromatic N) is 1. The van der Waals surface area contributed by atoms with Gasteiger partial charge >= 0.3 is 15.6 Å². The Morgan fingerprint density at radius 3 is 2.21 bits per heavy atom. The predicted molar refractivity (Wildman–Crippen MR) is 153 cm³/mol. The predicted octanol–water partition coefficient (Wildman–Crippen LogP) is 6.09. The van der Waals surface area contributed by atoms with Crippen LogP contribution in [0.4, 0.5) is 13.2 Å². The molecular formula is C28H16F3NO3S4. The van der Waals surface area contributed by atoms with Crippen molar-refractivity contribution >= 4 is 76.3 Å². The Labute approximate surface area is 233 Å². The molecule has 1 aromatic heterocycles. The van der Waals surface area contributed by atoms with Gasteiger partial charge in [-0.15, -0.1) is 11.3 Å². The van der Waals surface area contributed by atoms with Crippen LogP contribution in [0.25, 0.3) is 26.3 Å². The smallest absolute Gasteiger partial charge is 0.243 e. The zero-order valence-corrected chi connectivity index (χ0v) is 22.9. The van der Waals surface area contributed by atoms with Crippen molar-refractivity contribution in [3.8, 4) is 0 Å². The van der Waals surface area contributed by atoms with Crippen molar-refractivity contribution in [2.45, 2.75) is 15.7 Å². The maximum absolute atomic E-state index is 13.8. The fourth-order valence-electron chi connectivity index (χ4n) is 4.98. The van der Waals surface area contributed by atoms with Crippen LogP contribution in [-0.2, 0) is 14.3 Å². The van der Waals surface area contributed by atoms with E-state index in [1.807, 2.05) is 84.9 Å². The SMILES string of the molecule is O=S(=O)(OC12SC(c3ccccc3)=CC1=c1c(sc3ccccc13)=C1N=C(c3ccccc3)SC12)C(F)(F)F. The fourth-order valence-corrected chi connectivity index (χ4v) is 10.2. The van der Waals surface area contributed by atoms with E-state index in [0.717, 1.165) is 37.5 Å². The summed E-state index contributed by atoms with van der Waals surface area (Å²) in [6.07, 6.45) is 1.78. The molecule has 2 atom stereocenters. The van der Waals surface area contributed by atoms with Crippen molar-refractivity contribution in [2.75, 3.05) is 0 Å². The summed E-state index contributed by atoms with van der Waals surface area (Å²) >= 11 is 3.73. The number of thioether (sulfide) groups is 2. The Hall–Kier alpha value is -2.83. The van der Waals surface area contributed by atoms with Gasteiger partial charge in [-0.2, -0.15) is 21.6 Å². The number of thiophene rings is 1. The van der Waals surface area contributed by atoms with E-state index in [1.165, 1.54) is 23.1 Å². The highest BCUT2D eigenvalue weighted by Gasteiger charge is 2.61.